The van der Waals surface area contributed by atoms with Crippen molar-refractivity contribution in [3.05, 3.63) is 36.7 Å². The van der Waals surface area contributed by atoms with Gasteiger partial charge in [-0.2, -0.15) is 0 Å². The Morgan fingerprint density at radius 3 is 3.04 bits per heavy atom. The van der Waals surface area contributed by atoms with E-state index in [1.54, 1.807) is 30.4 Å². The van der Waals surface area contributed by atoms with Crippen LogP contribution >= 0.6 is 11.8 Å². The molecule has 9 heteroatoms. The molecule has 3 aromatic heterocycles. The third-order valence-corrected chi connectivity index (χ3v) is 5.53. The molecule has 0 unspecified atom stereocenters. The van der Waals surface area contributed by atoms with Crippen molar-refractivity contribution in [2.24, 2.45) is 5.92 Å². The van der Waals surface area contributed by atoms with Gasteiger partial charge in [-0.1, -0.05) is 0 Å². The molecule has 0 amide bonds. The number of aliphatic hydroxyl groups is 1. The number of nitrogen functional groups attached to an aromatic ring is 1. The lowest BCUT2D eigenvalue weighted by Gasteiger charge is -2.14. The molecule has 130 valence electrons. The van der Waals surface area contributed by atoms with Gasteiger partial charge in [0.25, 0.3) is 0 Å². The van der Waals surface area contributed by atoms with Gasteiger partial charge in [0.1, 0.15) is 16.9 Å². The van der Waals surface area contributed by atoms with Gasteiger partial charge in [-0.15, -0.1) is 11.8 Å². The fourth-order valence-corrected chi connectivity index (χ4v) is 4.14. The number of aromatic nitrogens is 5. The van der Waals surface area contributed by atoms with Gasteiger partial charge in [0.05, 0.1) is 17.8 Å². The summed E-state index contributed by atoms with van der Waals surface area (Å²) < 4.78 is 0. The molecule has 3 aromatic rings. The van der Waals surface area contributed by atoms with Crippen LogP contribution in [-0.2, 0) is 6.54 Å². The summed E-state index contributed by atoms with van der Waals surface area (Å²) in [7, 11) is 0. The minimum atomic E-state index is -0.339. The molecule has 1 fully saturated rings. The molecule has 4 heterocycles. The van der Waals surface area contributed by atoms with Crippen molar-refractivity contribution in [3.63, 3.8) is 0 Å². The first-order valence-corrected chi connectivity index (χ1v) is 9.05. The van der Waals surface area contributed by atoms with E-state index in [0.29, 0.717) is 12.4 Å². The topological polar surface area (TPSA) is 117 Å². The third kappa shape index (κ3) is 3.44. The lowest BCUT2D eigenvalue weighted by molar-refractivity contribution is 0.149. The number of hydrogen-bond acceptors (Lipinski definition) is 8. The van der Waals surface area contributed by atoms with Gasteiger partial charge >= 0.3 is 0 Å². The number of H-pyrrole nitrogens is 1. The van der Waals surface area contributed by atoms with Crippen LogP contribution in [0.15, 0.2) is 36.1 Å². The van der Waals surface area contributed by atoms with Gasteiger partial charge in [0.15, 0.2) is 5.82 Å². The number of nitrogens with zero attached hydrogens (tertiary/aromatic N) is 5. The highest BCUT2D eigenvalue weighted by Crippen LogP contribution is 2.27. The molecule has 4 N–H and O–H groups in total. The number of anilines is 1. The Hall–Kier alpha value is -2.23. The van der Waals surface area contributed by atoms with Gasteiger partial charge in [-0.3, -0.25) is 9.88 Å². The van der Waals surface area contributed by atoms with Crippen LogP contribution in [0.1, 0.15) is 5.56 Å². The predicted octanol–water partition coefficient (Wildman–Crippen LogP) is 0.915. The monoisotopic (exact) mass is 357 g/mol. The molecule has 25 heavy (non-hydrogen) atoms. The molecule has 1 aliphatic heterocycles. The lowest BCUT2D eigenvalue weighted by Crippen LogP contribution is -2.21. The Labute approximate surface area is 148 Å². The van der Waals surface area contributed by atoms with Crippen molar-refractivity contribution in [3.8, 4) is 0 Å². The fraction of sp³-hybridized carbons (Fsp3) is 0.375. The molecule has 0 radical (unpaired) electrons. The van der Waals surface area contributed by atoms with E-state index in [9.17, 15) is 5.11 Å². The van der Waals surface area contributed by atoms with Crippen LogP contribution in [0.4, 0.5) is 5.82 Å². The molecule has 0 aliphatic carbocycles. The van der Waals surface area contributed by atoms with Crippen LogP contribution in [0.2, 0.25) is 0 Å². The number of rotatable bonds is 5. The van der Waals surface area contributed by atoms with Crippen molar-refractivity contribution in [2.75, 3.05) is 24.6 Å². The first kappa shape index (κ1) is 16.2. The summed E-state index contributed by atoms with van der Waals surface area (Å²) in [5.41, 5.74) is 8.55. The largest absolute Gasteiger partial charge is 0.391 e. The second-order valence-electron chi connectivity index (χ2n) is 6.17. The van der Waals surface area contributed by atoms with Crippen LogP contribution in [0.3, 0.4) is 0 Å². The highest BCUT2D eigenvalue weighted by atomic mass is 32.2. The Balaban J connectivity index is 1.40. The highest BCUT2D eigenvalue weighted by Gasteiger charge is 2.31. The normalized spacial score (nSPS) is 21.2. The van der Waals surface area contributed by atoms with E-state index in [2.05, 4.69) is 29.8 Å². The molecule has 4 rings (SSSR count). The van der Waals surface area contributed by atoms with Crippen molar-refractivity contribution < 1.29 is 5.11 Å². The molecule has 1 aliphatic rings. The summed E-state index contributed by atoms with van der Waals surface area (Å²) in [5.74, 6) is 1.48. The van der Waals surface area contributed by atoms with Crippen molar-refractivity contribution >= 4 is 28.6 Å². The van der Waals surface area contributed by atoms with Crippen molar-refractivity contribution in [2.45, 2.75) is 17.7 Å². The number of aliphatic hydroxyl groups excluding tert-OH is 1. The van der Waals surface area contributed by atoms with Crippen LogP contribution < -0.4 is 5.73 Å². The Morgan fingerprint density at radius 1 is 1.28 bits per heavy atom. The fourth-order valence-electron chi connectivity index (χ4n) is 3.16. The van der Waals surface area contributed by atoms with E-state index in [1.165, 1.54) is 6.33 Å². The second kappa shape index (κ2) is 6.95. The summed E-state index contributed by atoms with van der Waals surface area (Å²) in [5, 5.41) is 11.3. The second-order valence-corrected chi connectivity index (χ2v) is 7.21. The Bertz CT molecular complexity index is 856. The summed E-state index contributed by atoms with van der Waals surface area (Å²) in [6, 6.07) is 0. The van der Waals surface area contributed by atoms with Gasteiger partial charge in [0.2, 0.25) is 0 Å². The van der Waals surface area contributed by atoms with E-state index in [0.717, 1.165) is 40.5 Å². The molecule has 8 nitrogen and oxygen atoms in total. The number of nitrogens with two attached hydrogens (primary N) is 1. The van der Waals surface area contributed by atoms with E-state index in [1.807, 2.05) is 6.20 Å². The minimum Gasteiger partial charge on any atom is -0.391 e. The molecular weight excluding hydrogens is 338 g/mol. The van der Waals surface area contributed by atoms with Crippen molar-refractivity contribution in [1.82, 2.24) is 29.8 Å². The Kier molecular flexibility index (Phi) is 4.51. The SMILES string of the molecule is Nc1ncnc2c(CN3C[C@H](CSc4cnccn4)[C@H](O)C3)c[nH]c12. The van der Waals surface area contributed by atoms with Gasteiger partial charge in [-0.25, -0.2) is 15.0 Å². The summed E-state index contributed by atoms with van der Waals surface area (Å²) >= 11 is 1.63. The smallest absolute Gasteiger partial charge is 0.151 e. The molecule has 0 bridgehead atoms. The van der Waals surface area contributed by atoms with Gasteiger partial charge in [-0.05, 0) is 0 Å². The number of hydrogen-bond donors (Lipinski definition) is 3. The summed E-state index contributed by atoms with van der Waals surface area (Å²) in [4.78, 5) is 22.0. The number of thioether (sulfide) groups is 1. The predicted molar refractivity (Wildman–Crippen MR) is 95.8 cm³/mol. The van der Waals surface area contributed by atoms with Crippen LogP contribution in [0, 0.1) is 5.92 Å². The first-order valence-electron chi connectivity index (χ1n) is 8.06. The number of fused-ring (bicyclic) bond motifs is 1. The summed E-state index contributed by atoms with van der Waals surface area (Å²) in [6.45, 7) is 2.21. The van der Waals surface area contributed by atoms with Gasteiger partial charge in [0, 0.05) is 55.5 Å². The molecule has 0 aromatic carbocycles. The maximum absolute atomic E-state index is 10.4. The van der Waals surface area contributed by atoms with E-state index < -0.39 is 0 Å². The molecule has 2 atom stereocenters. The standard InChI is InChI=1S/C16H19N7OS/c17-16-15-14(21-9-22-16)10(3-20-15)5-23-6-11(12(24)7-23)8-25-13-4-18-1-2-19-13/h1-4,9,11-12,20,24H,5-8H2,(H2,17,21,22)/t11-,12-/m1/s1. The van der Waals surface area contributed by atoms with Gasteiger partial charge < -0.3 is 15.8 Å². The van der Waals surface area contributed by atoms with Crippen molar-refractivity contribution in [1.29, 1.82) is 0 Å². The van der Waals surface area contributed by atoms with E-state index in [-0.39, 0.29) is 12.0 Å². The highest BCUT2D eigenvalue weighted by molar-refractivity contribution is 7.99. The number of nitrogens with one attached hydrogen (secondary N) is 1. The van der Waals surface area contributed by atoms with Crippen LogP contribution in [0.5, 0.6) is 0 Å². The zero-order valence-corrected chi connectivity index (χ0v) is 14.4. The quantitative estimate of drug-likeness (QED) is 0.577. The molecular formula is C16H19N7OS. The first-order chi connectivity index (χ1) is 12.2. The Morgan fingerprint density at radius 2 is 2.20 bits per heavy atom. The average Bonchev–Trinajstić information content (AvgIpc) is 3.19. The van der Waals surface area contributed by atoms with E-state index >= 15 is 0 Å². The van der Waals surface area contributed by atoms with Crippen LogP contribution in [0.25, 0.3) is 11.0 Å². The molecule has 0 spiro atoms. The minimum absolute atomic E-state index is 0.205. The maximum Gasteiger partial charge on any atom is 0.151 e. The summed E-state index contributed by atoms with van der Waals surface area (Å²) in [6.07, 6.45) is 8.16. The zero-order chi connectivity index (χ0) is 17.2. The number of β-amino-alcohol motifs (C(OH)–C–C–N with tert-alkyl or cyclic N) is 1. The number of likely N-dealkylation sites (tertiary alicyclic amines) is 1. The third-order valence-electron chi connectivity index (χ3n) is 4.43. The van der Waals surface area contributed by atoms with Crippen LogP contribution in [-0.4, -0.2) is 59.9 Å². The molecule has 0 saturated carbocycles. The van der Waals surface area contributed by atoms with E-state index in [4.69, 9.17) is 5.73 Å². The molecule has 1 saturated heterocycles. The maximum atomic E-state index is 10.4. The zero-order valence-electron chi connectivity index (χ0n) is 13.5. The lowest BCUT2D eigenvalue weighted by atomic mass is 10.1. The average molecular weight is 357 g/mol. The number of aromatic amines is 1.